The van der Waals surface area contributed by atoms with Crippen LogP contribution in [0.3, 0.4) is 0 Å². The molecule has 9 atom stereocenters. The van der Waals surface area contributed by atoms with E-state index in [9.17, 15) is 191 Å². The van der Waals surface area contributed by atoms with Crippen molar-refractivity contribution in [3.63, 3.8) is 0 Å². The number of amides is 14. The number of carboxylic acids is 14. The van der Waals surface area contributed by atoms with Crippen LogP contribution >= 0.6 is 0 Å². The van der Waals surface area contributed by atoms with Crippen LogP contribution < -0.4 is 83.9 Å². The summed E-state index contributed by atoms with van der Waals surface area (Å²) in [6.07, 6.45) is -0.879. The minimum atomic E-state index is -2.66. The van der Waals surface area contributed by atoms with Crippen molar-refractivity contribution in [1.29, 1.82) is 0 Å². The van der Waals surface area contributed by atoms with E-state index in [0.717, 1.165) is 6.92 Å². The predicted octanol–water partition coefficient (Wildman–Crippen LogP) is -16.5. The van der Waals surface area contributed by atoms with Gasteiger partial charge in [0.25, 0.3) is 0 Å². The van der Waals surface area contributed by atoms with E-state index in [-0.39, 0.29) is 18.3 Å². The van der Waals surface area contributed by atoms with E-state index in [0.29, 0.717) is 58.5 Å². The van der Waals surface area contributed by atoms with Crippen LogP contribution in [0, 0.1) is 0 Å². The fourth-order valence-corrected chi connectivity index (χ4v) is 12.9. The molecular weight excluding hydrogens is 1930 g/mol. The molecule has 9 unspecified atom stereocenters. The molecule has 65 heteroatoms. The lowest BCUT2D eigenvalue weighted by Gasteiger charge is -2.33. The Morgan fingerprint density at radius 1 is 0.252 bits per heavy atom. The first-order chi connectivity index (χ1) is 66.9. The van der Waals surface area contributed by atoms with Crippen molar-refractivity contribution in [2.24, 2.45) is 0 Å². The first-order valence-electron chi connectivity index (χ1n) is 42.5. The van der Waals surface area contributed by atoms with Gasteiger partial charge >= 0.3 is 83.6 Å². The van der Waals surface area contributed by atoms with Crippen LogP contribution in [0.5, 0.6) is 11.5 Å². The zero-order valence-electron chi connectivity index (χ0n) is 76.7. The second-order valence-corrected chi connectivity index (χ2v) is 31.3. The van der Waals surface area contributed by atoms with Gasteiger partial charge in [-0.25, -0.2) is 0 Å². The Bertz CT molecular complexity index is 4680. The van der Waals surface area contributed by atoms with Crippen molar-refractivity contribution in [3.8, 4) is 11.5 Å². The van der Waals surface area contributed by atoms with Gasteiger partial charge in [0.15, 0.2) is 11.5 Å². The maximum Gasteiger partial charge on any atom is 0.317 e. The van der Waals surface area contributed by atoms with E-state index in [1.165, 1.54) is 0 Å². The Hall–Kier alpha value is -16.3. The number of carboxylic acid groups (broad SMARTS) is 14. The highest BCUT2D eigenvalue weighted by Gasteiger charge is 2.38. The average molecular weight is 2050 g/mol. The quantitative estimate of drug-likeness (QED) is 0.0288. The van der Waals surface area contributed by atoms with Crippen LogP contribution in [-0.2, 0) is 141 Å². The summed E-state index contributed by atoms with van der Waals surface area (Å²) in [6.45, 7) is -27.2. The van der Waals surface area contributed by atoms with E-state index in [1.54, 1.807) is 18.2 Å². The zero-order valence-corrected chi connectivity index (χ0v) is 76.7. The second kappa shape index (κ2) is 63.3. The molecule has 1 heterocycles. The summed E-state index contributed by atoms with van der Waals surface area (Å²) in [5, 5.41) is 163. The van der Waals surface area contributed by atoms with Crippen LogP contribution in [0.15, 0.2) is 18.2 Å². The van der Waals surface area contributed by atoms with Gasteiger partial charge in [0.05, 0.1) is 137 Å². The molecule has 0 aliphatic carbocycles. The minimum Gasteiger partial charge on any atom is -0.483 e. The molecule has 1 aromatic carbocycles. The van der Waals surface area contributed by atoms with E-state index < -0.39 is 404 Å². The lowest BCUT2D eigenvalue weighted by atomic mass is 10.1. The van der Waals surface area contributed by atoms with Crippen molar-refractivity contribution in [2.45, 2.75) is 101 Å². The van der Waals surface area contributed by atoms with Crippen LogP contribution in [0.25, 0.3) is 0 Å². The molecule has 0 spiro atoms. The van der Waals surface area contributed by atoms with Gasteiger partial charge in [-0.3, -0.25) is 169 Å². The van der Waals surface area contributed by atoms with Gasteiger partial charge in [0.2, 0.25) is 82.7 Å². The molecule has 65 nitrogen and oxygen atoms in total. The summed E-state index contributed by atoms with van der Waals surface area (Å²) >= 11 is 0. The Morgan fingerprint density at radius 3 is 0.776 bits per heavy atom. The van der Waals surface area contributed by atoms with Crippen LogP contribution in [0.1, 0.15) is 45.6 Å². The average Bonchev–Trinajstić information content (AvgIpc) is 0.806. The fraction of sp³-hybridized carbons (Fsp3) is 0.564. The van der Waals surface area contributed by atoms with Gasteiger partial charge in [0.1, 0.15) is 54.5 Å². The van der Waals surface area contributed by atoms with E-state index >= 15 is 14.4 Å². The van der Waals surface area contributed by atoms with E-state index in [4.69, 9.17) is 9.47 Å². The van der Waals surface area contributed by atoms with Gasteiger partial charge in [-0.1, -0.05) is 19.9 Å². The molecule has 0 radical (unpaired) electrons. The maximum atomic E-state index is 15.5. The zero-order chi connectivity index (χ0) is 108. The first kappa shape index (κ1) is 123. The number of nitrogens with one attached hydrogen (secondary N) is 14. The molecule has 1 aromatic rings. The van der Waals surface area contributed by atoms with Gasteiger partial charge in [-0.05, 0) is 50.3 Å². The third-order valence-electron chi connectivity index (χ3n) is 18.9. The fourth-order valence-electron chi connectivity index (χ4n) is 12.9. The topological polar surface area (TPSA) is 971 Å². The number of benzene rings is 1. The molecule has 0 saturated carbocycles. The maximum absolute atomic E-state index is 15.5. The van der Waals surface area contributed by atoms with Crippen molar-refractivity contribution in [2.75, 3.05) is 183 Å². The van der Waals surface area contributed by atoms with Crippen LogP contribution in [0.2, 0.25) is 0 Å². The predicted molar refractivity (Wildman–Crippen MR) is 466 cm³/mol. The van der Waals surface area contributed by atoms with Gasteiger partial charge in [-0.15, -0.1) is 0 Å². The summed E-state index contributed by atoms with van der Waals surface area (Å²) in [4.78, 5) is 368. The SMILES string of the molecule is CCC1Oc2ccc(CCNC(=O)C(CNC(=O)C(CNC(=O)CN(CC(=O)O)CC(=O)O)NC(=O)C(CNC(=O)C(CNC(=O)CN(CC(=O)O)CC(=O)O)NC(=O)CN(CC(=O)O)CC(=O)O)NC(=O)C(CCNC(=O)CN(CC(=O)O)CC(=O)O)NC(=O)CN(CC(=O)O)CC(=O)O)NC(=O)C(CNC(=O)CN(CC(=O)O)CC(=O)O)NC(=O)C(C)NC(=O)CN(CC(=O)O)CC(=O)O)cc2OC1CC. The molecule has 2 rings (SSSR count). The Balaban J connectivity index is 3.28. The Morgan fingerprint density at radius 2 is 0.483 bits per heavy atom. The normalized spacial score (nSPS) is 13.9. The molecule has 14 amide bonds. The van der Waals surface area contributed by atoms with Gasteiger partial charge in [0, 0.05) is 45.8 Å². The number of carbonyl (C=O) groups excluding carboxylic acids is 14. The Kier molecular flexibility index (Phi) is 54.4. The number of nitrogens with zero attached hydrogens (tertiary/aromatic N) is 7. The highest BCUT2D eigenvalue weighted by atomic mass is 16.6. The largest absolute Gasteiger partial charge is 0.483 e. The number of ether oxygens (including phenoxy) is 2. The summed E-state index contributed by atoms with van der Waals surface area (Å²) in [5.74, 6) is -43.7. The molecule has 794 valence electrons. The van der Waals surface area contributed by atoms with E-state index in [2.05, 4.69) is 58.5 Å². The third-order valence-corrected chi connectivity index (χ3v) is 18.9. The number of hydrogen-bond acceptors (Lipinski definition) is 37. The lowest BCUT2D eigenvalue weighted by molar-refractivity contribution is -0.145. The summed E-state index contributed by atoms with van der Waals surface area (Å²) < 4.78 is 12.3. The molecule has 28 N–H and O–H groups in total. The molecule has 143 heavy (non-hydrogen) atoms. The standard InChI is InChI=1S/C78H113N21O44/c1-4-47-48(5-2)143-50-12-40(6-7-49(50)142-47)8-10-80-73(136)44(91-77(140)45(15-83-54(103)21-96(31-64(119)120)32-65(121)122)89-72(135)39(3)86-55(104)22-97(33-66(123)124)34-67(125)126)16-84-75(138)43(14-82-53(102)20-95(29-62(115)116)30-63(117)118)90-78(141)46(17-85-74(137)42(88-57(106)24-99(37-70(131)132)38-71(133)134)13-81-52(101)19-94(27-60(111)112)28-61(113)114)92-76(139)41(87-56(105)23-98(35-68(127)128)36-69(129)130)9-11-79-51(100)18-93(25-58(107)108)26-59(109)110/h6-7,12,39,41-48H,4-5,8-11,13-38H2,1-3H3,(H,79,100)(H,80,136)(H,81,101)(H,82,102)(H,83,103)(H,84,138)(H,85,137)(H,86,104)(H,87,105)(H,88,106)(H,89,135)(H,90,141)(H,91,140)(H,92,139)(H,107,108)(H,109,110)(H,111,112)(H,113,114)(H,115,116)(H,117,118)(H,119,120)(H,121,122)(H,123,124)(H,125,126)(H,127,128)(H,129,130)(H,131,132)(H,133,134). The summed E-state index contributed by atoms with van der Waals surface area (Å²) in [5.41, 5.74) is 0.433. The smallest absolute Gasteiger partial charge is 0.317 e. The van der Waals surface area contributed by atoms with Crippen molar-refractivity contribution in [1.82, 2.24) is 109 Å². The first-order valence-corrected chi connectivity index (χ1v) is 42.5. The lowest BCUT2D eigenvalue weighted by Crippen LogP contribution is -2.64. The highest BCUT2D eigenvalue weighted by Crippen LogP contribution is 2.36. The Labute approximate surface area is 807 Å². The third kappa shape index (κ3) is 53.4. The molecule has 1 aliphatic heterocycles. The van der Waals surface area contributed by atoms with Crippen molar-refractivity contribution in [3.05, 3.63) is 23.8 Å². The van der Waals surface area contributed by atoms with Crippen molar-refractivity contribution < 1.29 is 215 Å². The van der Waals surface area contributed by atoms with Gasteiger partial charge < -0.3 is 155 Å². The molecular formula is C78H113N21O44. The number of aliphatic carboxylic acids is 14. The highest BCUT2D eigenvalue weighted by molar-refractivity contribution is 5.99. The number of carbonyl (C=O) groups is 28. The monoisotopic (exact) mass is 2050 g/mol. The number of hydrogen-bond donors (Lipinski definition) is 28. The molecule has 0 aromatic heterocycles. The van der Waals surface area contributed by atoms with Crippen LogP contribution in [-0.4, -0.2) is 510 Å². The summed E-state index contributed by atoms with van der Waals surface area (Å²) in [7, 11) is 0. The van der Waals surface area contributed by atoms with E-state index in [1.807, 2.05) is 29.8 Å². The van der Waals surface area contributed by atoms with Crippen LogP contribution in [0.4, 0.5) is 0 Å². The molecule has 1 aliphatic rings. The molecule has 0 saturated heterocycles. The molecule has 0 fully saturated rings. The number of rotatable bonds is 74. The second-order valence-electron chi connectivity index (χ2n) is 31.3. The number of fused-ring (bicyclic) bond motifs is 1. The molecule has 0 bridgehead atoms. The van der Waals surface area contributed by atoms with Crippen molar-refractivity contribution >= 4 is 166 Å². The van der Waals surface area contributed by atoms with Gasteiger partial charge in [-0.2, -0.15) is 0 Å². The minimum absolute atomic E-state index is 0.128. The summed E-state index contributed by atoms with van der Waals surface area (Å²) in [6, 6.07) is -11.6.